The summed E-state index contributed by atoms with van der Waals surface area (Å²) in [6, 6.07) is 14.5. The highest BCUT2D eigenvalue weighted by Crippen LogP contribution is 2.27. The molecule has 0 aliphatic carbocycles. The van der Waals surface area contributed by atoms with Gasteiger partial charge in [-0.25, -0.2) is 4.39 Å². The minimum Gasteiger partial charge on any atom is -0.207 e. The zero-order chi connectivity index (χ0) is 13.0. The van der Waals surface area contributed by atoms with Gasteiger partial charge < -0.3 is 0 Å². The molecule has 0 aliphatic rings. The smallest absolute Gasteiger partial charge is 0.127 e. The fraction of sp³-hybridized carbons (Fsp3) is 0.133. The summed E-state index contributed by atoms with van der Waals surface area (Å²) in [5, 5.41) is 8.80. The van der Waals surface area contributed by atoms with Crippen molar-refractivity contribution in [3.05, 3.63) is 65.0 Å². The lowest BCUT2D eigenvalue weighted by atomic mass is 10.1. The van der Waals surface area contributed by atoms with E-state index in [1.807, 2.05) is 37.3 Å². The lowest BCUT2D eigenvalue weighted by molar-refractivity contribution is 0.617. The van der Waals surface area contributed by atoms with E-state index in [4.69, 9.17) is 5.26 Å². The van der Waals surface area contributed by atoms with Crippen LogP contribution in [-0.4, -0.2) is 0 Å². The highest BCUT2D eigenvalue weighted by Gasteiger charge is 2.05. The molecule has 0 atom stereocenters. The summed E-state index contributed by atoms with van der Waals surface area (Å²) in [6.45, 7) is 2.03. The van der Waals surface area contributed by atoms with E-state index in [0.717, 1.165) is 4.90 Å². The van der Waals surface area contributed by atoms with Crippen LogP contribution in [0.5, 0.6) is 0 Å². The Morgan fingerprint density at radius 2 is 2.00 bits per heavy atom. The van der Waals surface area contributed by atoms with Crippen molar-refractivity contribution < 1.29 is 4.39 Å². The fourth-order valence-corrected chi connectivity index (χ4v) is 2.63. The molecular weight excluding hydrogens is 245 g/mol. The molecular formula is C15H12FNS. The van der Waals surface area contributed by atoms with Gasteiger partial charge in [0.15, 0.2) is 0 Å². The Kier molecular flexibility index (Phi) is 4.01. The van der Waals surface area contributed by atoms with E-state index in [1.54, 1.807) is 17.8 Å². The summed E-state index contributed by atoms with van der Waals surface area (Å²) < 4.78 is 13.6. The number of rotatable bonds is 3. The largest absolute Gasteiger partial charge is 0.207 e. The van der Waals surface area contributed by atoms with Crippen molar-refractivity contribution in [1.82, 2.24) is 0 Å². The van der Waals surface area contributed by atoms with Crippen molar-refractivity contribution in [2.75, 3.05) is 0 Å². The predicted molar refractivity (Wildman–Crippen MR) is 71.9 cm³/mol. The third-order valence-corrected chi connectivity index (χ3v) is 3.88. The summed E-state index contributed by atoms with van der Waals surface area (Å²) in [5.41, 5.74) is 2.25. The topological polar surface area (TPSA) is 23.8 Å². The molecule has 0 N–H and O–H groups in total. The highest BCUT2D eigenvalue weighted by atomic mass is 32.2. The number of nitriles is 1. The molecule has 0 aromatic heterocycles. The van der Waals surface area contributed by atoms with Gasteiger partial charge in [0.05, 0.1) is 11.6 Å². The van der Waals surface area contributed by atoms with E-state index < -0.39 is 0 Å². The molecule has 0 spiro atoms. The van der Waals surface area contributed by atoms with Crippen molar-refractivity contribution in [1.29, 1.82) is 5.26 Å². The van der Waals surface area contributed by atoms with Gasteiger partial charge in [-0.3, -0.25) is 0 Å². The van der Waals surface area contributed by atoms with Gasteiger partial charge >= 0.3 is 0 Å². The molecule has 90 valence electrons. The van der Waals surface area contributed by atoms with Gasteiger partial charge in [-0.05, 0) is 42.3 Å². The second-order valence-electron chi connectivity index (χ2n) is 3.97. The predicted octanol–water partition coefficient (Wildman–Crippen LogP) is 4.30. The van der Waals surface area contributed by atoms with Gasteiger partial charge in [0.1, 0.15) is 5.82 Å². The maximum atomic E-state index is 13.6. The second kappa shape index (κ2) is 5.70. The summed E-state index contributed by atoms with van der Waals surface area (Å²) in [4.78, 5) is 1.14. The van der Waals surface area contributed by atoms with Crippen molar-refractivity contribution in [2.24, 2.45) is 0 Å². The molecule has 0 radical (unpaired) electrons. The van der Waals surface area contributed by atoms with Crippen LogP contribution in [-0.2, 0) is 5.75 Å². The van der Waals surface area contributed by atoms with Crippen LogP contribution in [0.15, 0.2) is 47.4 Å². The van der Waals surface area contributed by atoms with E-state index in [2.05, 4.69) is 0 Å². The molecule has 0 bridgehead atoms. The van der Waals surface area contributed by atoms with Crippen LogP contribution in [0, 0.1) is 24.1 Å². The maximum Gasteiger partial charge on any atom is 0.127 e. The van der Waals surface area contributed by atoms with Crippen LogP contribution >= 0.6 is 11.8 Å². The summed E-state index contributed by atoms with van der Waals surface area (Å²) in [7, 11) is 0. The van der Waals surface area contributed by atoms with Crippen molar-refractivity contribution >= 4 is 11.8 Å². The fourth-order valence-electron chi connectivity index (χ4n) is 1.63. The molecule has 0 fully saturated rings. The third kappa shape index (κ3) is 2.91. The second-order valence-corrected chi connectivity index (χ2v) is 4.99. The van der Waals surface area contributed by atoms with Crippen LogP contribution in [0.1, 0.15) is 16.7 Å². The normalized spacial score (nSPS) is 10.1. The van der Waals surface area contributed by atoms with Crippen LogP contribution in [0.4, 0.5) is 4.39 Å². The van der Waals surface area contributed by atoms with E-state index in [-0.39, 0.29) is 5.82 Å². The standard InChI is InChI=1S/C15H12FNS/c1-11-4-2-3-5-15(11)18-10-13-8-12(9-17)6-7-14(13)16/h2-8H,10H2,1H3. The van der Waals surface area contributed by atoms with Crippen LogP contribution in [0.25, 0.3) is 0 Å². The molecule has 18 heavy (non-hydrogen) atoms. The first kappa shape index (κ1) is 12.7. The van der Waals surface area contributed by atoms with E-state index in [9.17, 15) is 4.39 Å². The first-order valence-corrected chi connectivity index (χ1v) is 6.56. The Morgan fingerprint density at radius 1 is 1.22 bits per heavy atom. The summed E-state index contributed by atoms with van der Waals surface area (Å²) in [6.07, 6.45) is 0. The van der Waals surface area contributed by atoms with Crippen molar-refractivity contribution in [3.8, 4) is 6.07 Å². The number of nitrogens with zero attached hydrogens (tertiary/aromatic N) is 1. The van der Waals surface area contributed by atoms with Gasteiger partial charge in [-0.1, -0.05) is 18.2 Å². The minimum absolute atomic E-state index is 0.255. The molecule has 2 aromatic rings. The average Bonchev–Trinajstić information content (AvgIpc) is 2.39. The van der Waals surface area contributed by atoms with Gasteiger partial charge in [0.25, 0.3) is 0 Å². The van der Waals surface area contributed by atoms with Crippen molar-refractivity contribution in [3.63, 3.8) is 0 Å². The first-order valence-electron chi connectivity index (χ1n) is 5.57. The Hall–Kier alpha value is -1.79. The highest BCUT2D eigenvalue weighted by molar-refractivity contribution is 7.98. The molecule has 2 aromatic carbocycles. The van der Waals surface area contributed by atoms with Crippen molar-refractivity contribution in [2.45, 2.75) is 17.6 Å². The van der Waals surface area contributed by atoms with Crippen LogP contribution < -0.4 is 0 Å². The van der Waals surface area contributed by atoms with Gasteiger partial charge in [-0.15, -0.1) is 11.8 Å². The lowest BCUT2D eigenvalue weighted by Gasteiger charge is -2.06. The maximum absolute atomic E-state index is 13.6. The molecule has 0 amide bonds. The SMILES string of the molecule is Cc1ccccc1SCc1cc(C#N)ccc1F. The van der Waals surface area contributed by atoms with E-state index in [1.165, 1.54) is 17.7 Å². The number of hydrogen-bond acceptors (Lipinski definition) is 2. The summed E-state index contributed by atoms with van der Waals surface area (Å²) in [5.74, 6) is 0.279. The Morgan fingerprint density at radius 3 is 2.72 bits per heavy atom. The van der Waals surface area contributed by atoms with E-state index >= 15 is 0 Å². The molecule has 2 rings (SSSR count). The quantitative estimate of drug-likeness (QED) is 0.765. The van der Waals surface area contributed by atoms with Crippen LogP contribution in [0.2, 0.25) is 0 Å². The Balaban J connectivity index is 2.16. The molecule has 1 nitrogen and oxygen atoms in total. The molecule has 0 aliphatic heterocycles. The number of benzene rings is 2. The third-order valence-electron chi connectivity index (χ3n) is 2.65. The average molecular weight is 257 g/mol. The van der Waals surface area contributed by atoms with E-state index in [0.29, 0.717) is 16.9 Å². The van der Waals surface area contributed by atoms with Gasteiger partial charge in [0.2, 0.25) is 0 Å². The number of thioether (sulfide) groups is 1. The lowest BCUT2D eigenvalue weighted by Crippen LogP contribution is -1.90. The number of hydrogen-bond donors (Lipinski definition) is 0. The van der Waals surface area contributed by atoms with Gasteiger partial charge in [-0.2, -0.15) is 5.26 Å². The molecule has 0 heterocycles. The Labute approximate surface area is 110 Å². The zero-order valence-corrected chi connectivity index (χ0v) is 10.8. The molecule has 0 saturated heterocycles. The first-order chi connectivity index (χ1) is 8.70. The van der Waals surface area contributed by atoms with Gasteiger partial charge in [0, 0.05) is 10.6 Å². The molecule has 0 unspecified atom stereocenters. The molecule has 0 saturated carbocycles. The minimum atomic E-state index is -0.255. The molecule has 3 heteroatoms. The Bertz CT molecular complexity index is 602. The monoisotopic (exact) mass is 257 g/mol. The number of halogens is 1. The zero-order valence-electron chi connectivity index (χ0n) is 9.98. The number of aryl methyl sites for hydroxylation is 1. The summed E-state index contributed by atoms with van der Waals surface area (Å²) >= 11 is 1.58. The van der Waals surface area contributed by atoms with Crippen LogP contribution in [0.3, 0.4) is 0 Å².